The van der Waals surface area contributed by atoms with Crippen molar-refractivity contribution >= 4 is 12.6 Å². The van der Waals surface area contributed by atoms with Gasteiger partial charge in [0.25, 0.3) is 0 Å². The monoisotopic (exact) mass is 303 g/mol. The van der Waals surface area contributed by atoms with E-state index < -0.39 is 5.60 Å². The van der Waals surface area contributed by atoms with E-state index in [2.05, 4.69) is 23.6 Å². The molecule has 0 bridgehead atoms. The van der Waals surface area contributed by atoms with Crippen LogP contribution < -0.4 is 5.46 Å². The molecule has 1 aromatic heterocycles. The zero-order valence-corrected chi connectivity index (χ0v) is 13.9. The van der Waals surface area contributed by atoms with E-state index in [4.69, 9.17) is 9.31 Å². The van der Waals surface area contributed by atoms with Crippen LogP contribution in [0.2, 0.25) is 0 Å². The first-order valence-corrected chi connectivity index (χ1v) is 8.22. The normalized spacial score (nSPS) is 25.5. The molecule has 120 valence electrons. The van der Waals surface area contributed by atoms with E-state index >= 15 is 0 Å². The Kier molecular flexibility index (Phi) is 4.32. The van der Waals surface area contributed by atoms with Gasteiger partial charge >= 0.3 is 7.12 Å². The summed E-state index contributed by atoms with van der Waals surface area (Å²) in [6, 6.07) is 0.680. The standard InChI is InChI=1S/C16H26BN3O2/c1-13-16(2,3)22-17(21-13)14-11-18-20(12-14)10-8-15-7-5-6-9-19(15)4/h11-12,15H,1,5-10H2,2-4H3. The highest BCUT2D eigenvalue weighted by atomic mass is 16.7. The second-order valence-electron chi connectivity index (χ2n) is 6.96. The first-order chi connectivity index (χ1) is 10.5. The topological polar surface area (TPSA) is 39.5 Å². The van der Waals surface area contributed by atoms with Gasteiger partial charge in [0.05, 0.1) is 12.0 Å². The van der Waals surface area contributed by atoms with Gasteiger partial charge < -0.3 is 14.2 Å². The van der Waals surface area contributed by atoms with E-state index in [0.717, 1.165) is 18.4 Å². The maximum atomic E-state index is 5.89. The zero-order valence-electron chi connectivity index (χ0n) is 13.9. The van der Waals surface area contributed by atoms with E-state index in [1.54, 1.807) is 0 Å². The van der Waals surface area contributed by atoms with Crippen molar-refractivity contribution in [2.45, 2.75) is 57.7 Å². The fraction of sp³-hybridized carbons (Fsp3) is 0.688. The van der Waals surface area contributed by atoms with Crippen molar-refractivity contribution in [2.24, 2.45) is 0 Å². The number of rotatable bonds is 4. The highest BCUT2D eigenvalue weighted by Crippen LogP contribution is 2.29. The minimum Gasteiger partial charge on any atom is -0.534 e. The quantitative estimate of drug-likeness (QED) is 0.795. The maximum absolute atomic E-state index is 5.89. The number of aromatic nitrogens is 2. The molecule has 0 amide bonds. The molecular formula is C16H26BN3O2. The largest absolute Gasteiger partial charge is 0.566 e. The van der Waals surface area contributed by atoms with Crippen molar-refractivity contribution in [3.05, 3.63) is 24.7 Å². The van der Waals surface area contributed by atoms with Gasteiger partial charge in [-0.1, -0.05) is 13.0 Å². The average molecular weight is 303 g/mol. The first kappa shape index (κ1) is 15.6. The second-order valence-corrected chi connectivity index (χ2v) is 6.96. The van der Waals surface area contributed by atoms with Gasteiger partial charge in [0, 0.05) is 24.2 Å². The summed E-state index contributed by atoms with van der Waals surface area (Å²) in [5.74, 6) is 0.675. The molecule has 0 aromatic carbocycles. The van der Waals surface area contributed by atoms with E-state index in [9.17, 15) is 0 Å². The molecule has 2 aliphatic heterocycles. The van der Waals surface area contributed by atoms with Crippen LogP contribution in [0.15, 0.2) is 24.7 Å². The van der Waals surface area contributed by atoms with E-state index in [0.29, 0.717) is 11.8 Å². The van der Waals surface area contributed by atoms with Gasteiger partial charge in [0.15, 0.2) is 0 Å². The number of hydrogen-bond donors (Lipinski definition) is 0. The molecule has 1 atom stereocenters. The van der Waals surface area contributed by atoms with Gasteiger partial charge in [0.1, 0.15) is 5.60 Å². The fourth-order valence-electron chi connectivity index (χ4n) is 3.18. The summed E-state index contributed by atoms with van der Waals surface area (Å²) in [5, 5.41) is 4.45. The smallest absolute Gasteiger partial charge is 0.534 e. The lowest BCUT2D eigenvalue weighted by molar-refractivity contribution is 0.169. The van der Waals surface area contributed by atoms with Crippen LogP contribution in [-0.2, 0) is 15.9 Å². The molecule has 2 fully saturated rings. The molecule has 0 radical (unpaired) electrons. The maximum Gasteiger partial charge on any atom is 0.566 e. The summed E-state index contributed by atoms with van der Waals surface area (Å²) in [4.78, 5) is 2.48. The Morgan fingerprint density at radius 1 is 1.45 bits per heavy atom. The lowest BCUT2D eigenvalue weighted by atomic mass is 9.82. The number of nitrogens with zero attached hydrogens (tertiary/aromatic N) is 3. The lowest BCUT2D eigenvalue weighted by Crippen LogP contribution is -2.37. The summed E-state index contributed by atoms with van der Waals surface area (Å²) < 4.78 is 13.6. The van der Waals surface area contributed by atoms with Crippen LogP contribution in [0, 0.1) is 0 Å². The highest BCUT2D eigenvalue weighted by Gasteiger charge is 2.43. The van der Waals surface area contributed by atoms with Gasteiger partial charge in [-0.2, -0.15) is 5.10 Å². The van der Waals surface area contributed by atoms with Crippen molar-refractivity contribution in [1.82, 2.24) is 14.7 Å². The van der Waals surface area contributed by atoms with Gasteiger partial charge in [-0.25, -0.2) is 0 Å². The van der Waals surface area contributed by atoms with Crippen molar-refractivity contribution in [3.8, 4) is 0 Å². The molecule has 3 rings (SSSR count). The van der Waals surface area contributed by atoms with E-state index in [-0.39, 0.29) is 7.12 Å². The molecule has 22 heavy (non-hydrogen) atoms. The molecule has 6 heteroatoms. The molecule has 0 N–H and O–H groups in total. The SMILES string of the molecule is C=C1OB(c2cnn(CCC3CCCCN3C)c2)OC1(C)C. The molecule has 1 aromatic rings. The summed E-state index contributed by atoms with van der Waals surface area (Å²) in [6.45, 7) is 10.0. The molecule has 0 spiro atoms. The van der Waals surface area contributed by atoms with Gasteiger partial charge in [-0.3, -0.25) is 4.68 Å². The third-order valence-electron chi connectivity index (χ3n) is 4.86. The van der Waals surface area contributed by atoms with Crippen LogP contribution in [-0.4, -0.2) is 47.0 Å². The first-order valence-electron chi connectivity index (χ1n) is 8.22. The molecule has 2 saturated heterocycles. The van der Waals surface area contributed by atoms with Crippen molar-refractivity contribution < 1.29 is 9.31 Å². The fourth-order valence-corrected chi connectivity index (χ4v) is 3.18. The van der Waals surface area contributed by atoms with Crippen molar-refractivity contribution in [3.63, 3.8) is 0 Å². The molecule has 0 aliphatic carbocycles. The van der Waals surface area contributed by atoms with Gasteiger partial charge in [0.2, 0.25) is 0 Å². The number of aryl methyl sites for hydroxylation is 1. The highest BCUT2D eigenvalue weighted by molar-refractivity contribution is 6.62. The third-order valence-corrected chi connectivity index (χ3v) is 4.86. The third kappa shape index (κ3) is 3.23. The van der Waals surface area contributed by atoms with Crippen LogP contribution in [0.4, 0.5) is 0 Å². The van der Waals surface area contributed by atoms with E-state index in [1.165, 1.54) is 25.8 Å². The minimum absolute atomic E-state index is 0.381. The predicted octanol–water partition coefficient (Wildman–Crippen LogP) is 1.79. The number of piperidine rings is 1. The summed E-state index contributed by atoms with van der Waals surface area (Å²) in [5.41, 5.74) is 0.529. The molecule has 0 saturated carbocycles. The van der Waals surface area contributed by atoms with Crippen LogP contribution >= 0.6 is 0 Å². The van der Waals surface area contributed by atoms with Gasteiger partial charge in [-0.15, -0.1) is 0 Å². The summed E-state index contributed by atoms with van der Waals surface area (Å²) in [7, 11) is 1.85. The van der Waals surface area contributed by atoms with Crippen LogP contribution in [0.25, 0.3) is 0 Å². The van der Waals surface area contributed by atoms with Gasteiger partial charge in [-0.05, 0) is 46.7 Å². The Balaban J connectivity index is 1.56. The van der Waals surface area contributed by atoms with Crippen molar-refractivity contribution in [2.75, 3.05) is 13.6 Å². The Bertz CT molecular complexity index is 543. The Morgan fingerprint density at radius 2 is 2.27 bits per heavy atom. The Morgan fingerprint density at radius 3 is 2.95 bits per heavy atom. The van der Waals surface area contributed by atoms with Crippen LogP contribution in [0.3, 0.4) is 0 Å². The van der Waals surface area contributed by atoms with Crippen molar-refractivity contribution in [1.29, 1.82) is 0 Å². The lowest BCUT2D eigenvalue weighted by Gasteiger charge is -2.32. The zero-order chi connectivity index (χ0) is 15.7. The molecular weight excluding hydrogens is 277 g/mol. The second kappa shape index (κ2) is 6.09. The predicted molar refractivity (Wildman–Crippen MR) is 87.9 cm³/mol. The minimum atomic E-state index is -0.433. The summed E-state index contributed by atoms with van der Waals surface area (Å²) in [6.07, 6.45) is 8.98. The molecule has 2 aliphatic rings. The number of hydrogen-bond acceptors (Lipinski definition) is 4. The number of likely N-dealkylation sites (tertiary alicyclic amines) is 1. The Labute approximate surface area is 133 Å². The Hall–Kier alpha value is -1.27. The average Bonchev–Trinajstić information content (AvgIpc) is 3.03. The molecule has 5 nitrogen and oxygen atoms in total. The molecule has 3 heterocycles. The summed E-state index contributed by atoms with van der Waals surface area (Å²) >= 11 is 0. The molecule has 1 unspecified atom stereocenters. The van der Waals surface area contributed by atoms with Crippen LogP contribution in [0.1, 0.15) is 39.5 Å². The van der Waals surface area contributed by atoms with E-state index in [1.807, 2.05) is 30.9 Å². The van der Waals surface area contributed by atoms with Crippen LogP contribution in [0.5, 0.6) is 0 Å².